The number of likely N-dealkylation sites (tertiary alicyclic amines) is 1. The van der Waals surface area contributed by atoms with Crippen molar-refractivity contribution in [2.24, 2.45) is 0 Å². The van der Waals surface area contributed by atoms with E-state index in [1.165, 1.54) is 6.42 Å². The summed E-state index contributed by atoms with van der Waals surface area (Å²) in [6.45, 7) is 3.25. The van der Waals surface area contributed by atoms with E-state index in [9.17, 15) is 0 Å². The van der Waals surface area contributed by atoms with Gasteiger partial charge in [-0.25, -0.2) is 0 Å². The minimum Gasteiger partial charge on any atom is -0.395 e. The molecule has 1 aromatic heterocycles. The Morgan fingerprint density at radius 1 is 1.53 bits per heavy atom. The van der Waals surface area contributed by atoms with E-state index in [4.69, 9.17) is 5.11 Å². The van der Waals surface area contributed by atoms with Crippen molar-refractivity contribution in [3.8, 4) is 0 Å². The van der Waals surface area contributed by atoms with Crippen LogP contribution < -0.4 is 0 Å². The summed E-state index contributed by atoms with van der Waals surface area (Å²) in [5.74, 6) is 0. The first-order chi connectivity index (χ1) is 7.29. The fraction of sp³-hybridized carbons (Fsp3) is 0.700. The summed E-state index contributed by atoms with van der Waals surface area (Å²) in [5.41, 5.74) is 0. The molecule has 4 nitrogen and oxygen atoms in total. The first-order valence-corrected chi connectivity index (χ1v) is 6.12. The first kappa shape index (κ1) is 11.1. The lowest BCUT2D eigenvalue weighted by molar-refractivity contribution is 0.154. The predicted octanol–water partition coefficient (Wildman–Crippen LogP) is 1.10. The third kappa shape index (κ3) is 2.80. The van der Waals surface area contributed by atoms with Gasteiger partial charge in [0.1, 0.15) is 0 Å². The lowest BCUT2D eigenvalue weighted by Crippen LogP contribution is -2.34. The van der Waals surface area contributed by atoms with E-state index in [-0.39, 0.29) is 6.61 Å². The van der Waals surface area contributed by atoms with Crippen molar-refractivity contribution in [2.45, 2.75) is 25.4 Å². The third-order valence-electron chi connectivity index (χ3n) is 2.93. The Kier molecular flexibility index (Phi) is 3.77. The SMILES string of the molecule is OC[C@H]1CCCN1CCn1cc(Br)cn1. The van der Waals surface area contributed by atoms with Crippen molar-refractivity contribution in [2.75, 3.05) is 19.7 Å². The lowest BCUT2D eigenvalue weighted by atomic mass is 10.2. The average molecular weight is 274 g/mol. The predicted molar refractivity (Wildman–Crippen MR) is 61.6 cm³/mol. The van der Waals surface area contributed by atoms with Crippen molar-refractivity contribution in [1.82, 2.24) is 14.7 Å². The molecular weight excluding hydrogens is 258 g/mol. The Morgan fingerprint density at radius 2 is 2.40 bits per heavy atom. The molecule has 2 heterocycles. The van der Waals surface area contributed by atoms with Crippen molar-refractivity contribution in [1.29, 1.82) is 0 Å². The third-order valence-corrected chi connectivity index (χ3v) is 3.34. The van der Waals surface area contributed by atoms with Crippen LogP contribution in [0.15, 0.2) is 16.9 Å². The van der Waals surface area contributed by atoms with Crippen molar-refractivity contribution < 1.29 is 5.11 Å². The molecule has 0 bridgehead atoms. The molecule has 1 fully saturated rings. The van der Waals surface area contributed by atoms with E-state index in [0.29, 0.717) is 6.04 Å². The number of hydrogen-bond acceptors (Lipinski definition) is 3. The monoisotopic (exact) mass is 273 g/mol. The number of nitrogens with zero attached hydrogens (tertiary/aromatic N) is 3. The van der Waals surface area contributed by atoms with E-state index >= 15 is 0 Å². The smallest absolute Gasteiger partial charge is 0.0632 e. The maximum absolute atomic E-state index is 9.17. The summed E-state index contributed by atoms with van der Waals surface area (Å²) in [7, 11) is 0. The van der Waals surface area contributed by atoms with Gasteiger partial charge in [-0.15, -0.1) is 0 Å². The van der Waals surface area contributed by atoms with Gasteiger partial charge in [0, 0.05) is 18.8 Å². The fourth-order valence-corrected chi connectivity index (χ4v) is 2.42. The molecule has 0 aromatic carbocycles. The summed E-state index contributed by atoms with van der Waals surface area (Å²) in [4.78, 5) is 2.34. The largest absolute Gasteiger partial charge is 0.395 e. The Labute approximate surface area is 98.0 Å². The Hall–Kier alpha value is -0.390. The first-order valence-electron chi connectivity index (χ1n) is 5.32. The molecule has 1 aromatic rings. The van der Waals surface area contributed by atoms with Gasteiger partial charge in [0.05, 0.1) is 23.8 Å². The van der Waals surface area contributed by atoms with E-state index in [1.54, 1.807) is 6.20 Å². The second-order valence-electron chi connectivity index (χ2n) is 3.94. The molecule has 1 N–H and O–H groups in total. The molecular formula is C10H16BrN3O. The molecule has 1 saturated heterocycles. The molecule has 84 valence electrons. The van der Waals surface area contributed by atoms with Crippen LogP contribution in [0.4, 0.5) is 0 Å². The van der Waals surface area contributed by atoms with Crippen molar-refractivity contribution in [3.63, 3.8) is 0 Å². The molecule has 2 rings (SSSR count). The van der Waals surface area contributed by atoms with Crippen LogP contribution in [0, 0.1) is 0 Å². The van der Waals surface area contributed by atoms with Crippen LogP contribution in [0.25, 0.3) is 0 Å². The summed E-state index contributed by atoms with van der Waals surface area (Å²) < 4.78 is 2.94. The van der Waals surface area contributed by atoms with Gasteiger partial charge in [0.25, 0.3) is 0 Å². The van der Waals surface area contributed by atoms with E-state index in [1.807, 2.05) is 10.9 Å². The van der Waals surface area contributed by atoms with Crippen LogP contribution in [-0.4, -0.2) is 45.5 Å². The number of halogens is 1. The van der Waals surface area contributed by atoms with Crippen LogP contribution in [0.1, 0.15) is 12.8 Å². The summed E-state index contributed by atoms with van der Waals surface area (Å²) in [5, 5.41) is 13.4. The molecule has 1 aliphatic heterocycles. The molecule has 1 atom stereocenters. The van der Waals surface area contributed by atoms with Gasteiger partial charge in [0.15, 0.2) is 0 Å². The zero-order chi connectivity index (χ0) is 10.7. The molecule has 0 amide bonds. The van der Waals surface area contributed by atoms with Crippen LogP contribution in [-0.2, 0) is 6.54 Å². The Balaban J connectivity index is 1.82. The van der Waals surface area contributed by atoms with Gasteiger partial charge >= 0.3 is 0 Å². The fourth-order valence-electron chi connectivity index (χ4n) is 2.09. The van der Waals surface area contributed by atoms with Crippen molar-refractivity contribution >= 4 is 15.9 Å². The maximum atomic E-state index is 9.17. The van der Waals surface area contributed by atoms with Crippen molar-refractivity contribution in [3.05, 3.63) is 16.9 Å². The highest BCUT2D eigenvalue weighted by Crippen LogP contribution is 2.16. The quantitative estimate of drug-likeness (QED) is 0.894. The van der Waals surface area contributed by atoms with Gasteiger partial charge in [-0.05, 0) is 35.3 Å². The highest BCUT2D eigenvalue weighted by Gasteiger charge is 2.22. The summed E-state index contributed by atoms with van der Waals surface area (Å²) in [6.07, 6.45) is 6.10. The number of rotatable bonds is 4. The molecule has 0 radical (unpaired) electrons. The lowest BCUT2D eigenvalue weighted by Gasteiger charge is -2.22. The van der Waals surface area contributed by atoms with Gasteiger partial charge in [-0.2, -0.15) is 5.10 Å². The van der Waals surface area contributed by atoms with Crippen LogP contribution in [0.2, 0.25) is 0 Å². The van der Waals surface area contributed by atoms with E-state index < -0.39 is 0 Å². The summed E-state index contributed by atoms with van der Waals surface area (Å²) in [6, 6.07) is 0.365. The van der Waals surface area contributed by atoms with Crippen LogP contribution >= 0.6 is 15.9 Å². The number of aromatic nitrogens is 2. The number of aliphatic hydroxyl groups is 1. The normalized spacial score (nSPS) is 22.4. The second-order valence-corrected chi connectivity index (χ2v) is 4.85. The molecule has 0 unspecified atom stereocenters. The van der Waals surface area contributed by atoms with Gasteiger partial charge < -0.3 is 5.11 Å². The Bertz CT molecular complexity index is 315. The molecule has 1 aliphatic rings. The molecule has 15 heavy (non-hydrogen) atoms. The minimum absolute atomic E-state index is 0.281. The minimum atomic E-state index is 0.281. The molecule has 0 saturated carbocycles. The average Bonchev–Trinajstić information content (AvgIpc) is 2.83. The Morgan fingerprint density at radius 3 is 3.07 bits per heavy atom. The topological polar surface area (TPSA) is 41.3 Å². The standard InChI is InChI=1S/C10H16BrN3O/c11-9-6-12-14(7-9)5-4-13-3-1-2-10(13)8-15/h6-7,10,15H,1-5,8H2/t10-/m1/s1. The zero-order valence-corrected chi connectivity index (χ0v) is 10.2. The number of hydrogen-bond donors (Lipinski definition) is 1. The van der Waals surface area contributed by atoms with Crippen LogP contribution in [0.5, 0.6) is 0 Å². The van der Waals surface area contributed by atoms with E-state index in [2.05, 4.69) is 25.9 Å². The molecule has 0 aliphatic carbocycles. The van der Waals surface area contributed by atoms with Crippen LogP contribution in [0.3, 0.4) is 0 Å². The molecule has 0 spiro atoms. The number of aliphatic hydroxyl groups excluding tert-OH is 1. The highest BCUT2D eigenvalue weighted by atomic mass is 79.9. The van der Waals surface area contributed by atoms with Gasteiger partial charge in [0.2, 0.25) is 0 Å². The summed E-state index contributed by atoms with van der Waals surface area (Å²) >= 11 is 3.37. The van der Waals surface area contributed by atoms with Gasteiger partial charge in [-0.1, -0.05) is 0 Å². The maximum Gasteiger partial charge on any atom is 0.0632 e. The van der Waals surface area contributed by atoms with Gasteiger partial charge in [-0.3, -0.25) is 9.58 Å². The second kappa shape index (κ2) is 5.09. The van der Waals surface area contributed by atoms with E-state index in [0.717, 1.165) is 30.5 Å². The molecule has 5 heteroatoms. The highest BCUT2D eigenvalue weighted by molar-refractivity contribution is 9.10. The zero-order valence-electron chi connectivity index (χ0n) is 8.64.